The van der Waals surface area contributed by atoms with Crippen LogP contribution in [0.4, 0.5) is 34.6 Å². The van der Waals surface area contributed by atoms with Crippen molar-refractivity contribution in [3.63, 3.8) is 0 Å². The summed E-state index contributed by atoms with van der Waals surface area (Å²) in [6, 6.07) is 34.3. The van der Waals surface area contributed by atoms with Gasteiger partial charge in [0.05, 0.1) is 16.6 Å². The molecular formula is C41H33N13O4S. The molecule has 0 fully saturated rings. The first-order chi connectivity index (χ1) is 28.4. The van der Waals surface area contributed by atoms with Gasteiger partial charge in [-0.05, 0) is 108 Å². The van der Waals surface area contributed by atoms with E-state index < -0.39 is 10.0 Å². The Morgan fingerprint density at radius 2 is 1.22 bits per heavy atom. The number of rotatable bonds is 10. The van der Waals surface area contributed by atoms with E-state index in [1.807, 2.05) is 60.8 Å². The van der Waals surface area contributed by atoms with Crippen LogP contribution in [0.1, 0.15) is 13.8 Å². The third-order valence-electron chi connectivity index (χ3n) is 9.34. The number of anilines is 6. The number of hydrogen-bond acceptors (Lipinski definition) is 11. The van der Waals surface area contributed by atoms with E-state index >= 15 is 0 Å². The van der Waals surface area contributed by atoms with E-state index in [1.54, 1.807) is 68.4 Å². The molecule has 17 nitrogen and oxygen atoms in total. The van der Waals surface area contributed by atoms with Crippen LogP contribution in [0.5, 0.6) is 0 Å². The number of carbonyl (C=O) groups excluding carboxylic acids is 2. The summed E-state index contributed by atoms with van der Waals surface area (Å²) in [4.78, 5) is 32.6. The molecule has 5 heterocycles. The molecule has 0 spiro atoms. The van der Waals surface area contributed by atoms with E-state index in [9.17, 15) is 18.0 Å². The highest BCUT2D eigenvalue weighted by molar-refractivity contribution is 7.89. The highest BCUT2D eigenvalue weighted by Gasteiger charge is 2.19. The summed E-state index contributed by atoms with van der Waals surface area (Å²) in [6.45, 7) is 2.91. The highest BCUT2D eigenvalue weighted by Crippen LogP contribution is 2.32. The van der Waals surface area contributed by atoms with E-state index in [0.717, 1.165) is 27.7 Å². The zero-order valence-corrected chi connectivity index (χ0v) is 32.1. The second-order valence-corrected chi connectivity index (χ2v) is 15.1. The number of nitrogens with zero attached hydrogens (tertiary/aromatic N) is 8. The van der Waals surface area contributed by atoms with E-state index in [0.29, 0.717) is 57.2 Å². The van der Waals surface area contributed by atoms with Crippen LogP contribution in [0.15, 0.2) is 133 Å². The number of fused-ring (bicyclic) bond motifs is 3. The number of hydrogen-bond donors (Lipinski definition) is 5. The highest BCUT2D eigenvalue weighted by atomic mass is 32.2. The molecule has 18 heteroatoms. The first-order valence-corrected chi connectivity index (χ1v) is 19.7. The molecule has 4 aromatic carbocycles. The van der Waals surface area contributed by atoms with Gasteiger partial charge in [-0.15, -0.1) is 10.2 Å². The zero-order valence-electron chi connectivity index (χ0n) is 31.3. The molecule has 292 valence electrons. The van der Waals surface area contributed by atoms with Crippen LogP contribution in [0, 0.1) is 0 Å². The van der Waals surface area contributed by atoms with Crippen LogP contribution in [0.25, 0.3) is 50.3 Å². The van der Waals surface area contributed by atoms with Gasteiger partial charge in [0, 0.05) is 59.3 Å². The minimum absolute atomic E-state index is 0.00778. The Balaban J connectivity index is 1.07. The molecule has 9 aromatic rings. The predicted octanol–water partition coefficient (Wildman–Crippen LogP) is 6.50. The maximum absolute atomic E-state index is 12.0. The molecule has 59 heavy (non-hydrogen) atoms. The lowest BCUT2D eigenvalue weighted by Crippen LogP contribution is -2.11. The van der Waals surface area contributed by atoms with E-state index in [1.165, 1.54) is 26.0 Å². The molecule has 0 saturated heterocycles. The summed E-state index contributed by atoms with van der Waals surface area (Å²) in [6.07, 6.45) is 3.61. The fourth-order valence-electron chi connectivity index (χ4n) is 6.72. The van der Waals surface area contributed by atoms with Crippen molar-refractivity contribution in [2.24, 2.45) is 5.14 Å². The molecule has 6 N–H and O–H groups in total. The number of primary sulfonamides is 1. The largest absolute Gasteiger partial charge is 0.326 e. The summed E-state index contributed by atoms with van der Waals surface area (Å²) in [7, 11) is -3.89. The number of amides is 2. The first-order valence-electron chi connectivity index (χ1n) is 18.1. The van der Waals surface area contributed by atoms with Gasteiger partial charge < -0.3 is 21.3 Å². The molecule has 0 aliphatic rings. The van der Waals surface area contributed by atoms with Crippen LogP contribution in [0.2, 0.25) is 0 Å². The Hall–Kier alpha value is -7.96. The summed E-state index contributed by atoms with van der Waals surface area (Å²) in [5, 5.41) is 32.4. The second-order valence-electron chi connectivity index (χ2n) is 13.6. The summed E-state index contributed by atoms with van der Waals surface area (Å²) >= 11 is 0. The summed E-state index contributed by atoms with van der Waals surface area (Å²) in [5.74, 6) is 0.981. The smallest absolute Gasteiger partial charge is 0.247 e. The van der Waals surface area contributed by atoms with E-state index in [4.69, 9.17) is 25.3 Å². The molecule has 0 atom stereocenters. The Morgan fingerprint density at radius 1 is 0.644 bits per heavy atom. The van der Waals surface area contributed by atoms with E-state index in [-0.39, 0.29) is 16.7 Å². The van der Waals surface area contributed by atoms with Crippen molar-refractivity contribution >= 4 is 78.7 Å². The second kappa shape index (κ2) is 14.5. The average Bonchev–Trinajstić information content (AvgIpc) is 3.95. The number of nitrogens with two attached hydrogens (primary N) is 1. The van der Waals surface area contributed by atoms with Gasteiger partial charge in [-0.2, -0.15) is 19.6 Å². The molecule has 5 aromatic heterocycles. The first kappa shape index (κ1) is 36.7. The quantitative estimate of drug-likeness (QED) is 0.100. The van der Waals surface area contributed by atoms with Gasteiger partial charge >= 0.3 is 0 Å². The lowest BCUT2D eigenvalue weighted by atomic mass is 10.1. The third-order valence-corrected chi connectivity index (χ3v) is 10.3. The lowest BCUT2D eigenvalue weighted by Gasteiger charge is -2.10. The molecular weight excluding hydrogens is 771 g/mol. The van der Waals surface area contributed by atoms with Crippen molar-refractivity contribution in [2.45, 2.75) is 18.7 Å². The SMILES string of the molecule is CC(=O)Nc1ccc(Nc2nc3c(-c4ccc5c(cnn5-c5ccc(-c6ccc(S(N)(=O)=O)cc6)c6nc(Nc7ccc(NC(C)=O)cc7)nn56)c4)cccn3n2)cc1. The lowest BCUT2D eigenvalue weighted by molar-refractivity contribution is -0.115. The van der Waals surface area contributed by atoms with Crippen LogP contribution in [-0.4, -0.2) is 59.2 Å². The van der Waals surface area contributed by atoms with Gasteiger partial charge in [0.2, 0.25) is 33.7 Å². The molecule has 9 rings (SSSR count). The minimum atomic E-state index is -3.89. The number of benzene rings is 4. The summed E-state index contributed by atoms with van der Waals surface area (Å²) < 4.78 is 29.1. The van der Waals surface area contributed by atoms with Crippen LogP contribution >= 0.6 is 0 Å². The molecule has 0 aliphatic carbocycles. The van der Waals surface area contributed by atoms with Gasteiger partial charge in [-0.1, -0.05) is 18.2 Å². The van der Waals surface area contributed by atoms with Crippen molar-refractivity contribution in [1.82, 2.24) is 39.0 Å². The summed E-state index contributed by atoms with van der Waals surface area (Å²) in [5.41, 5.74) is 7.88. The number of nitrogens with one attached hydrogen (secondary N) is 4. The van der Waals surface area contributed by atoms with Crippen molar-refractivity contribution < 1.29 is 18.0 Å². The van der Waals surface area contributed by atoms with Crippen molar-refractivity contribution in [2.75, 3.05) is 21.3 Å². The molecule has 0 unspecified atom stereocenters. The Bertz CT molecular complexity index is 3190. The van der Waals surface area contributed by atoms with Crippen molar-refractivity contribution in [1.29, 1.82) is 0 Å². The van der Waals surface area contributed by atoms with Gasteiger partial charge in [-0.25, -0.2) is 22.8 Å². The number of carbonyl (C=O) groups is 2. The molecule has 2 amide bonds. The Morgan fingerprint density at radius 3 is 1.85 bits per heavy atom. The maximum Gasteiger partial charge on any atom is 0.247 e. The molecule has 0 radical (unpaired) electrons. The Labute approximate surface area is 335 Å². The fourth-order valence-corrected chi connectivity index (χ4v) is 7.23. The normalized spacial score (nSPS) is 11.6. The average molecular weight is 804 g/mol. The number of sulfonamides is 1. The maximum atomic E-state index is 12.0. The number of pyridine rings is 2. The van der Waals surface area contributed by atoms with Gasteiger partial charge in [0.15, 0.2) is 17.1 Å². The van der Waals surface area contributed by atoms with Crippen LogP contribution in [-0.2, 0) is 19.6 Å². The topological polar surface area (TPSA) is 221 Å². The van der Waals surface area contributed by atoms with Gasteiger partial charge in [0.25, 0.3) is 0 Å². The van der Waals surface area contributed by atoms with Crippen LogP contribution in [0.3, 0.4) is 0 Å². The predicted molar refractivity (Wildman–Crippen MR) is 224 cm³/mol. The van der Waals surface area contributed by atoms with Gasteiger partial charge in [0.1, 0.15) is 0 Å². The Kier molecular flexibility index (Phi) is 9.02. The van der Waals surface area contributed by atoms with Crippen molar-refractivity contribution in [3.05, 3.63) is 128 Å². The standard InChI is InChI=1S/C41H33N13O4S/c1-24(55)44-29-8-12-31(13-9-29)46-40-48-38-34(4-3-21-52(38)50-40)27-7-19-36-28(22-27)23-43-53(36)37-20-18-35(26-5-16-33(17-6-26)59(42,57)58)39-49-41(51-54(37)39)47-32-14-10-30(11-15-32)45-25(2)56/h3-23H,1-2H3,(H,44,55)(H,45,56)(H,46,50)(H,47,51)(H2,42,57,58). The molecule has 0 saturated carbocycles. The van der Waals surface area contributed by atoms with Crippen LogP contribution < -0.4 is 26.4 Å². The molecule has 0 bridgehead atoms. The van der Waals surface area contributed by atoms with E-state index in [2.05, 4.69) is 26.4 Å². The number of aromatic nitrogens is 8. The van der Waals surface area contributed by atoms with Crippen molar-refractivity contribution in [3.8, 4) is 28.1 Å². The molecule has 0 aliphatic heterocycles. The minimum Gasteiger partial charge on any atom is -0.326 e. The van der Waals surface area contributed by atoms with Gasteiger partial charge in [-0.3, -0.25) is 9.59 Å². The third kappa shape index (κ3) is 7.39. The monoisotopic (exact) mass is 803 g/mol. The fraction of sp³-hybridized carbons (Fsp3) is 0.0488. The zero-order chi connectivity index (χ0) is 40.8.